The van der Waals surface area contributed by atoms with Gasteiger partial charge < -0.3 is 58.3 Å². The normalized spacial score (nSPS) is 49.5. The van der Waals surface area contributed by atoms with Crippen molar-refractivity contribution >= 4 is 11.9 Å². The SMILES string of the molecule is COC(=O)C1OC(OC2CCC3(C)C(CCC4(C)C3CC=C3C5CC(C)(C)CCC5(C(=O)OC5OC(CO)C(O)C(O)C5O)CCC34C)C2(C)C)C(OC)C(OC)C1OC. The molecule has 0 radical (unpaired) electrons. The summed E-state index contributed by atoms with van der Waals surface area (Å²) in [5.74, 6) is -0.369. The molecule has 4 N–H and O–H groups in total. The third-order valence-corrected chi connectivity index (χ3v) is 18.1. The maximum absolute atomic E-state index is 14.6. The summed E-state index contributed by atoms with van der Waals surface area (Å²) in [4.78, 5) is 27.6. The lowest BCUT2D eigenvalue weighted by Gasteiger charge is -2.71. The van der Waals surface area contributed by atoms with E-state index < -0.39 is 85.4 Å². The van der Waals surface area contributed by atoms with Gasteiger partial charge in [-0.3, -0.25) is 4.79 Å². The van der Waals surface area contributed by atoms with Crippen molar-refractivity contribution in [3.05, 3.63) is 11.6 Å². The Morgan fingerprint density at radius 3 is 2.05 bits per heavy atom. The summed E-state index contributed by atoms with van der Waals surface area (Å²) >= 11 is 0. The van der Waals surface area contributed by atoms with Crippen molar-refractivity contribution in [2.24, 2.45) is 50.2 Å². The minimum absolute atomic E-state index is 0.00500. The van der Waals surface area contributed by atoms with Crippen LogP contribution in [0, 0.1) is 50.2 Å². The standard InChI is InChI=1S/C46H74O14/c1-41(2)18-20-46(40(52)60-38-32(50)31(49)30(48)26(23-47)57-38)21-19-44(6)24(25(46)22-41)12-13-28-43(5)16-15-29(42(3,4)27(43)14-17-45(28,44)7)58-39-36(55-10)34(54-9)33(53-8)35(59-39)37(51)56-11/h12,25-36,38-39,47-50H,13-23H2,1-11H3. The fourth-order valence-electron chi connectivity index (χ4n) is 14.4. The molecule has 0 aromatic heterocycles. The molecule has 0 bridgehead atoms. The summed E-state index contributed by atoms with van der Waals surface area (Å²) in [5, 5.41) is 41.5. The monoisotopic (exact) mass is 851 g/mol. The minimum atomic E-state index is -1.65. The topological polar surface area (TPSA) is 189 Å². The van der Waals surface area contributed by atoms with Gasteiger partial charge in [-0.25, -0.2) is 4.79 Å². The van der Waals surface area contributed by atoms with Gasteiger partial charge in [0.2, 0.25) is 6.29 Å². The van der Waals surface area contributed by atoms with E-state index in [1.54, 1.807) is 14.2 Å². The molecule has 60 heavy (non-hydrogen) atoms. The number of aliphatic hydroxyl groups excluding tert-OH is 4. The third kappa shape index (κ3) is 6.95. The Labute approximate surface area is 356 Å². The van der Waals surface area contributed by atoms with Gasteiger partial charge in [0, 0.05) is 21.3 Å². The smallest absolute Gasteiger partial charge is 0.337 e. The van der Waals surface area contributed by atoms with Crippen LogP contribution in [0.5, 0.6) is 0 Å². The average molecular weight is 851 g/mol. The van der Waals surface area contributed by atoms with Crippen molar-refractivity contribution < 1.29 is 67.9 Å². The van der Waals surface area contributed by atoms with Crippen molar-refractivity contribution in [1.82, 2.24) is 0 Å². The third-order valence-electron chi connectivity index (χ3n) is 18.1. The van der Waals surface area contributed by atoms with Crippen molar-refractivity contribution in [3.8, 4) is 0 Å². The van der Waals surface area contributed by atoms with E-state index in [0.717, 1.165) is 51.4 Å². The number of allylic oxidation sites excluding steroid dienone is 2. The number of rotatable bonds is 9. The Hall–Kier alpha value is -1.72. The zero-order valence-electron chi connectivity index (χ0n) is 37.8. The van der Waals surface area contributed by atoms with Crippen LogP contribution in [0.4, 0.5) is 0 Å². The first-order chi connectivity index (χ1) is 28.1. The maximum Gasteiger partial charge on any atom is 0.337 e. The molecular formula is C46H74O14. The van der Waals surface area contributed by atoms with Crippen LogP contribution in [0.1, 0.15) is 113 Å². The van der Waals surface area contributed by atoms with E-state index in [4.69, 9.17) is 37.9 Å². The van der Waals surface area contributed by atoms with Gasteiger partial charge in [0.25, 0.3) is 0 Å². The summed E-state index contributed by atoms with van der Waals surface area (Å²) in [5.41, 5.74) is 0.0171. The molecule has 2 heterocycles. The van der Waals surface area contributed by atoms with Gasteiger partial charge in [-0.15, -0.1) is 0 Å². The fourth-order valence-corrected chi connectivity index (χ4v) is 14.4. The second kappa shape index (κ2) is 16.4. The van der Waals surface area contributed by atoms with Crippen LogP contribution in [0.2, 0.25) is 0 Å². The first-order valence-corrected chi connectivity index (χ1v) is 22.3. The van der Waals surface area contributed by atoms with Crippen molar-refractivity contribution in [2.45, 2.75) is 180 Å². The van der Waals surface area contributed by atoms with E-state index in [9.17, 15) is 30.0 Å². The van der Waals surface area contributed by atoms with Crippen LogP contribution in [0.25, 0.3) is 0 Å². The van der Waals surface area contributed by atoms with Crippen LogP contribution < -0.4 is 0 Å². The molecule has 0 spiro atoms. The summed E-state index contributed by atoms with van der Waals surface area (Å²) < 4.78 is 47.5. The number of esters is 2. The Bertz CT molecular complexity index is 1630. The zero-order valence-corrected chi connectivity index (χ0v) is 37.8. The second-order valence-electron chi connectivity index (χ2n) is 21.5. The first-order valence-electron chi connectivity index (χ1n) is 22.3. The number of carbonyl (C=O) groups excluding carboxylic acids is 2. The van der Waals surface area contributed by atoms with Crippen LogP contribution in [0.15, 0.2) is 11.6 Å². The van der Waals surface area contributed by atoms with Gasteiger partial charge in [0.05, 0.1) is 25.2 Å². The first kappa shape index (κ1) is 46.3. The molecule has 2 saturated heterocycles. The van der Waals surface area contributed by atoms with Gasteiger partial charge >= 0.3 is 11.9 Å². The van der Waals surface area contributed by atoms with Gasteiger partial charge in [-0.2, -0.15) is 0 Å². The molecule has 0 aromatic carbocycles. The molecule has 18 unspecified atom stereocenters. The number of fused-ring (bicyclic) bond motifs is 7. The molecule has 14 heteroatoms. The van der Waals surface area contributed by atoms with Crippen molar-refractivity contribution in [2.75, 3.05) is 35.0 Å². The highest BCUT2D eigenvalue weighted by molar-refractivity contribution is 5.79. The maximum atomic E-state index is 14.6. The van der Waals surface area contributed by atoms with Gasteiger partial charge in [0.1, 0.15) is 42.7 Å². The van der Waals surface area contributed by atoms with Gasteiger partial charge in [-0.05, 0) is 109 Å². The largest absolute Gasteiger partial charge is 0.467 e. The van der Waals surface area contributed by atoms with E-state index in [1.807, 2.05) is 0 Å². The Morgan fingerprint density at radius 2 is 1.42 bits per heavy atom. The number of carbonyl (C=O) groups is 2. The summed E-state index contributed by atoms with van der Waals surface area (Å²) in [7, 11) is 5.99. The number of hydrogen-bond donors (Lipinski definition) is 4. The molecule has 4 saturated carbocycles. The lowest BCUT2D eigenvalue weighted by atomic mass is 9.33. The quantitative estimate of drug-likeness (QED) is 0.145. The van der Waals surface area contributed by atoms with E-state index >= 15 is 0 Å². The number of hydrogen-bond acceptors (Lipinski definition) is 14. The number of ether oxygens (including phenoxy) is 8. The van der Waals surface area contributed by atoms with Crippen LogP contribution in [-0.4, -0.2) is 135 Å². The van der Waals surface area contributed by atoms with Crippen molar-refractivity contribution in [1.29, 1.82) is 0 Å². The summed E-state index contributed by atoms with van der Waals surface area (Å²) in [6, 6.07) is 0. The Morgan fingerprint density at radius 1 is 0.750 bits per heavy atom. The second-order valence-corrected chi connectivity index (χ2v) is 21.5. The van der Waals surface area contributed by atoms with Crippen LogP contribution in [-0.2, 0) is 47.5 Å². The Kier molecular flexibility index (Phi) is 12.6. The molecule has 342 valence electrons. The van der Waals surface area contributed by atoms with E-state index in [-0.39, 0.29) is 39.1 Å². The molecule has 0 aromatic rings. The highest BCUT2D eigenvalue weighted by Gasteiger charge is 2.70. The summed E-state index contributed by atoms with van der Waals surface area (Å²) in [6.07, 6.45) is -0.695. The fraction of sp³-hybridized carbons (Fsp3) is 0.913. The summed E-state index contributed by atoms with van der Waals surface area (Å²) in [6.45, 7) is 16.1. The molecule has 6 fully saturated rings. The van der Waals surface area contributed by atoms with Gasteiger partial charge in [0.15, 0.2) is 12.4 Å². The number of aliphatic hydroxyl groups is 4. The van der Waals surface area contributed by atoms with E-state index in [1.165, 1.54) is 19.8 Å². The predicted molar refractivity (Wildman–Crippen MR) is 217 cm³/mol. The van der Waals surface area contributed by atoms with Crippen LogP contribution >= 0.6 is 0 Å². The molecule has 7 rings (SSSR count). The zero-order chi connectivity index (χ0) is 44.0. The van der Waals surface area contributed by atoms with Gasteiger partial charge in [-0.1, -0.05) is 60.1 Å². The lowest BCUT2D eigenvalue weighted by molar-refractivity contribution is -0.332. The molecule has 18 atom stereocenters. The van der Waals surface area contributed by atoms with Crippen molar-refractivity contribution in [3.63, 3.8) is 0 Å². The lowest BCUT2D eigenvalue weighted by Crippen LogP contribution is -2.66. The molecule has 7 aliphatic rings. The molecule has 5 aliphatic carbocycles. The Balaban J connectivity index is 1.15. The van der Waals surface area contributed by atoms with Crippen LogP contribution in [0.3, 0.4) is 0 Å². The molecular weight excluding hydrogens is 776 g/mol. The molecule has 0 amide bonds. The molecule has 14 nitrogen and oxygen atoms in total. The van der Waals surface area contributed by atoms with E-state index in [2.05, 4.69) is 54.5 Å². The minimum Gasteiger partial charge on any atom is -0.467 e. The average Bonchev–Trinajstić information content (AvgIpc) is 3.21. The molecule has 2 aliphatic heterocycles. The highest BCUT2D eigenvalue weighted by atomic mass is 16.7. The van der Waals surface area contributed by atoms with E-state index in [0.29, 0.717) is 24.7 Å². The highest BCUT2D eigenvalue weighted by Crippen LogP contribution is 2.76. The number of methoxy groups -OCH3 is 4. The predicted octanol–water partition coefficient (Wildman–Crippen LogP) is 4.46.